The number of anilines is 1. The summed E-state index contributed by atoms with van der Waals surface area (Å²) in [6, 6.07) is 3.66. The third kappa shape index (κ3) is 4.66. The summed E-state index contributed by atoms with van der Waals surface area (Å²) in [5, 5.41) is 14.3. The number of methoxy groups -OCH3 is 1. The number of hydrogen-bond donors (Lipinski definition) is 3. The van der Waals surface area contributed by atoms with E-state index < -0.39 is 23.5 Å². The first-order chi connectivity index (χ1) is 9.65. The lowest BCUT2D eigenvalue weighted by molar-refractivity contribution is -0.141. The molecule has 1 atom stereocenters. The minimum Gasteiger partial charge on any atom is -0.496 e. The monoisotopic (exact) mass is 294 g/mol. The topological polar surface area (TPSA) is 87.7 Å². The fourth-order valence-corrected chi connectivity index (χ4v) is 1.90. The molecule has 1 rings (SSSR count). The van der Waals surface area contributed by atoms with Crippen LogP contribution in [0.5, 0.6) is 5.75 Å². The second-order valence-electron chi connectivity index (χ2n) is 5.92. The maximum atomic E-state index is 11.9. The van der Waals surface area contributed by atoms with Crippen molar-refractivity contribution < 1.29 is 19.4 Å². The number of nitrogens with one attached hydrogen (secondary N) is 2. The highest BCUT2D eigenvalue weighted by molar-refractivity contribution is 5.92. The molecule has 0 unspecified atom stereocenters. The fraction of sp³-hybridized carbons (Fsp3) is 0.467. The standard InChI is InChI=1S/C15H22N2O4/c1-9-8-10(6-7-11(9)21-5)16-14(20)17-12(13(18)19)15(2,3)4/h6-8,12H,1-5H3,(H,18,19)(H2,16,17,20)/t12-/m1/s1. The Morgan fingerprint density at radius 2 is 1.90 bits per heavy atom. The molecule has 1 aromatic rings. The summed E-state index contributed by atoms with van der Waals surface area (Å²) in [6.07, 6.45) is 0. The van der Waals surface area contributed by atoms with E-state index in [0.29, 0.717) is 5.69 Å². The molecule has 0 aliphatic rings. The summed E-state index contributed by atoms with van der Waals surface area (Å²) in [5.74, 6) is -0.345. The van der Waals surface area contributed by atoms with Crippen LogP contribution in [0, 0.1) is 12.3 Å². The zero-order chi connectivity index (χ0) is 16.2. The maximum absolute atomic E-state index is 11.9. The van der Waals surface area contributed by atoms with Gasteiger partial charge in [-0.15, -0.1) is 0 Å². The van der Waals surface area contributed by atoms with Crippen molar-refractivity contribution in [2.24, 2.45) is 5.41 Å². The van der Waals surface area contributed by atoms with Gasteiger partial charge in [0, 0.05) is 5.69 Å². The molecule has 0 heterocycles. The van der Waals surface area contributed by atoms with Crippen LogP contribution in [0.1, 0.15) is 26.3 Å². The summed E-state index contributed by atoms with van der Waals surface area (Å²) >= 11 is 0. The zero-order valence-corrected chi connectivity index (χ0v) is 13.0. The normalized spacial score (nSPS) is 12.4. The van der Waals surface area contributed by atoms with Crippen LogP contribution in [-0.2, 0) is 4.79 Å². The van der Waals surface area contributed by atoms with E-state index in [0.717, 1.165) is 11.3 Å². The lowest BCUT2D eigenvalue weighted by atomic mass is 9.87. The fourth-order valence-electron chi connectivity index (χ4n) is 1.90. The first-order valence-corrected chi connectivity index (χ1v) is 6.60. The van der Waals surface area contributed by atoms with Gasteiger partial charge in [-0.25, -0.2) is 9.59 Å². The average molecular weight is 294 g/mol. The Hall–Kier alpha value is -2.24. The lowest BCUT2D eigenvalue weighted by Gasteiger charge is -2.27. The van der Waals surface area contributed by atoms with E-state index in [1.807, 2.05) is 6.92 Å². The van der Waals surface area contributed by atoms with Crippen molar-refractivity contribution in [2.45, 2.75) is 33.7 Å². The van der Waals surface area contributed by atoms with E-state index in [1.54, 1.807) is 46.1 Å². The van der Waals surface area contributed by atoms with Crippen molar-refractivity contribution in [1.29, 1.82) is 0 Å². The van der Waals surface area contributed by atoms with Gasteiger partial charge < -0.3 is 20.5 Å². The Bertz CT molecular complexity index is 535. The van der Waals surface area contributed by atoms with E-state index in [-0.39, 0.29) is 0 Å². The molecule has 0 aromatic heterocycles. The van der Waals surface area contributed by atoms with E-state index >= 15 is 0 Å². The van der Waals surface area contributed by atoms with E-state index in [9.17, 15) is 14.7 Å². The number of ether oxygens (including phenoxy) is 1. The summed E-state index contributed by atoms with van der Waals surface area (Å²) in [4.78, 5) is 23.1. The van der Waals surface area contributed by atoms with Crippen molar-refractivity contribution in [3.63, 3.8) is 0 Å². The zero-order valence-electron chi connectivity index (χ0n) is 13.0. The molecule has 0 saturated heterocycles. The largest absolute Gasteiger partial charge is 0.496 e. The van der Waals surface area contributed by atoms with Gasteiger partial charge in [0.15, 0.2) is 0 Å². The van der Waals surface area contributed by atoms with E-state index in [2.05, 4.69) is 10.6 Å². The maximum Gasteiger partial charge on any atom is 0.326 e. The van der Waals surface area contributed by atoms with Gasteiger partial charge in [0.25, 0.3) is 0 Å². The number of carbonyl (C=O) groups is 2. The molecule has 6 heteroatoms. The minimum atomic E-state index is -1.07. The molecule has 6 nitrogen and oxygen atoms in total. The Kier molecular flexibility index (Phi) is 5.18. The molecule has 0 fully saturated rings. The second-order valence-corrected chi connectivity index (χ2v) is 5.92. The molecule has 1 aromatic carbocycles. The third-order valence-corrected chi connectivity index (χ3v) is 3.04. The highest BCUT2D eigenvalue weighted by Gasteiger charge is 2.32. The number of amides is 2. The molecule has 0 spiro atoms. The molecular formula is C15H22N2O4. The first-order valence-electron chi connectivity index (χ1n) is 6.60. The van der Waals surface area contributed by atoms with Crippen LogP contribution in [0.3, 0.4) is 0 Å². The van der Waals surface area contributed by atoms with Crippen LogP contribution in [-0.4, -0.2) is 30.3 Å². The van der Waals surface area contributed by atoms with Gasteiger partial charge in [-0.1, -0.05) is 20.8 Å². The predicted octanol–water partition coefficient (Wildman–Crippen LogP) is 2.62. The van der Waals surface area contributed by atoms with Crippen molar-refractivity contribution in [2.75, 3.05) is 12.4 Å². The number of aryl methyl sites for hydroxylation is 1. The summed E-state index contributed by atoms with van der Waals surface area (Å²) in [7, 11) is 1.57. The van der Waals surface area contributed by atoms with Crippen LogP contribution in [0.15, 0.2) is 18.2 Å². The van der Waals surface area contributed by atoms with Gasteiger partial charge >= 0.3 is 12.0 Å². The predicted molar refractivity (Wildman–Crippen MR) is 80.8 cm³/mol. The van der Waals surface area contributed by atoms with Crippen LogP contribution in [0.25, 0.3) is 0 Å². The van der Waals surface area contributed by atoms with Crippen LogP contribution in [0.2, 0.25) is 0 Å². The number of rotatable bonds is 4. The average Bonchev–Trinajstić information content (AvgIpc) is 2.34. The summed E-state index contributed by atoms with van der Waals surface area (Å²) in [5.41, 5.74) is 0.865. The Labute approximate surface area is 124 Å². The van der Waals surface area contributed by atoms with Gasteiger partial charge in [-0.2, -0.15) is 0 Å². The van der Waals surface area contributed by atoms with Crippen molar-refractivity contribution in [3.05, 3.63) is 23.8 Å². The highest BCUT2D eigenvalue weighted by atomic mass is 16.5. The number of aliphatic carboxylic acids is 1. The molecule has 2 amide bonds. The SMILES string of the molecule is COc1ccc(NC(=O)N[C@H](C(=O)O)C(C)(C)C)cc1C. The number of carboxylic acid groups (broad SMARTS) is 1. The molecule has 0 aliphatic carbocycles. The number of urea groups is 1. The number of hydrogen-bond acceptors (Lipinski definition) is 3. The highest BCUT2D eigenvalue weighted by Crippen LogP contribution is 2.22. The quantitative estimate of drug-likeness (QED) is 0.796. The first kappa shape index (κ1) is 16.8. The van der Waals surface area contributed by atoms with Crippen molar-refractivity contribution in [3.8, 4) is 5.75 Å². The van der Waals surface area contributed by atoms with E-state index in [1.165, 1.54) is 0 Å². The molecule has 0 bridgehead atoms. The summed E-state index contributed by atoms with van der Waals surface area (Å²) in [6.45, 7) is 7.12. The Balaban J connectivity index is 2.77. The minimum absolute atomic E-state index is 0.554. The van der Waals surface area contributed by atoms with Gasteiger partial charge in [-0.05, 0) is 36.1 Å². The molecule has 0 radical (unpaired) electrons. The molecule has 3 N–H and O–H groups in total. The Morgan fingerprint density at radius 3 is 2.33 bits per heavy atom. The van der Waals surface area contributed by atoms with Crippen LogP contribution in [0.4, 0.5) is 10.5 Å². The second kappa shape index (κ2) is 6.47. The van der Waals surface area contributed by atoms with Gasteiger partial charge in [0.05, 0.1) is 7.11 Å². The van der Waals surface area contributed by atoms with Crippen LogP contribution >= 0.6 is 0 Å². The molecular weight excluding hydrogens is 272 g/mol. The molecule has 0 aliphatic heterocycles. The molecule has 0 saturated carbocycles. The Morgan fingerprint density at radius 1 is 1.29 bits per heavy atom. The number of carbonyl (C=O) groups excluding carboxylic acids is 1. The molecule has 116 valence electrons. The van der Waals surface area contributed by atoms with E-state index in [4.69, 9.17) is 4.74 Å². The third-order valence-electron chi connectivity index (χ3n) is 3.04. The van der Waals surface area contributed by atoms with Gasteiger partial charge in [0.1, 0.15) is 11.8 Å². The molecule has 21 heavy (non-hydrogen) atoms. The van der Waals surface area contributed by atoms with Gasteiger partial charge in [0.2, 0.25) is 0 Å². The number of carboxylic acids is 1. The summed E-state index contributed by atoms with van der Waals surface area (Å²) < 4.78 is 5.14. The van der Waals surface area contributed by atoms with Crippen molar-refractivity contribution in [1.82, 2.24) is 5.32 Å². The van der Waals surface area contributed by atoms with Crippen LogP contribution < -0.4 is 15.4 Å². The van der Waals surface area contributed by atoms with Crippen molar-refractivity contribution >= 4 is 17.7 Å². The smallest absolute Gasteiger partial charge is 0.326 e. The van der Waals surface area contributed by atoms with Gasteiger partial charge in [-0.3, -0.25) is 0 Å². The number of benzene rings is 1. The lowest BCUT2D eigenvalue weighted by Crippen LogP contribution is -2.50.